The Kier molecular flexibility index (Phi) is 3.85. The van der Waals surface area contributed by atoms with E-state index in [4.69, 9.17) is 0 Å². The van der Waals surface area contributed by atoms with Crippen molar-refractivity contribution in [2.45, 2.75) is 39.7 Å². The molecule has 3 atom stereocenters. The Balaban J connectivity index is 1.75. The number of rotatable bonds is 3. The zero-order chi connectivity index (χ0) is 15.0. The van der Waals surface area contributed by atoms with E-state index in [0.29, 0.717) is 11.8 Å². The van der Waals surface area contributed by atoms with Gasteiger partial charge in [-0.15, -0.1) is 0 Å². The summed E-state index contributed by atoms with van der Waals surface area (Å²) in [4.78, 5) is 16.8. The molecule has 112 valence electrons. The zero-order valence-electron chi connectivity index (χ0n) is 13.2. The second-order valence-electron chi connectivity index (χ2n) is 6.48. The number of hydrogen-bond donors (Lipinski definition) is 2. The summed E-state index contributed by atoms with van der Waals surface area (Å²) < 4.78 is 0. The number of carbonyl (C=O) groups is 1. The second-order valence-corrected chi connectivity index (χ2v) is 6.48. The number of fused-ring (bicyclic) bond motifs is 1. The lowest BCUT2D eigenvalue weighted by atomic mass is 9.90. The summed E-state index contributed by atoms with van der Waals surface area (Å²) in [6.07, 6.45) is 1.82. The fourth-order valence-electron chi connectivity index (χ4n) is 3.67. The van der Waals surface area contributed by atoms with Crippen LogP contribution in [-0.4, -0.2) is 29.9 Å². The minimum Gasteiger partial charge on any atom is -0.358 e. The smallest absolute Gasteiger partial charge is 0.147 e. The lowest BCUT2D eigenvalue weighted by Crippen LogP contribution is -3.17. The van der Waals surface area contributed by atoms with Crippen LogP contribution in [-0.2, 0) is 11.2 Å². The van der Waals surface area contributed by atoms with Crippen LogP contribution in [0.4, 0.5) is 0 Å². The summed E-state index contributed by atoms with van der Waals surface area (Å²) in [5.41, 5.74) is 3.95. The van der Waals surface area contributed by atoms with Crippen molar-refractivity contribution in [3.8, 4) is 0 Å². The van der Waals surface area contributed by atoms with Crippen LogP contribution < -0.4 is 4.90 Å². The van der Waals surface area contributed by atoms with Crippen LogP contribution >= 0.6 is 0 Å². The number of hydrogen-bond acceptors (Lipinski definition) is 1. The zero-order valence-corrected chi connectivity index (χ0v) is 13.2. The highest BCUT2D eigenvalue weighted by Crippen LogP contribution is 2.21. The number of likely N-dealkylation sites (tertiary alicyclic amines) is 1. The Morgan fingerprint density at radius 3 is 2.86 bits per heavy atom. The van der Waals surface area contributed by atoms with E-state index >= 15 is 0 Å². The predicted molar refractivity (Wildman–Crippen MR) is 85.7 cm³/mol. The fraction of sp³-hybridized carbons (Fsp3) is 0.500. The molecule has 0 saturated carbocycles. The number of para-hydroxylation sites is 1. The van der Waals surface area contributed by atoms with Crippen molar-refractivity contribution in [2.24, 2.45) is 5.92 Å². The predicted octanol–water partition coefficient (Wildman–Crippen LogP) is 1.90. The van der Waals surface area contributed by atoms with Crippen molar-refractivity contribution in [1.29, 1.82) is 0 Å². The van der Waals surface area contributed by atoms with E-state index in [2.05, 4.69) is 50.0 Å². The van der Waals surface area contributed by atoms with Gasteiger partial charge < -0.3 is 9.88 Å². The van der Waals surface area contributed by atoms with E-state index < -0.39 is 0 Å². The van der Waals surface area contributed by atoms with E-state index in [-0.39, 0.29) is 5.92 Å². The number of aromatic nitrogens is 1. The number of carbonyl (C=O) groups excluding carboxylic acids is 1. The van der Waals surface area contributed by atoms with E-state index in [1.165, 1.54) is 22.2 Å². The van der Waals surface area contributed by atoms with Gasteiger partial charge in [0, 0.05) is 23.0 Å². The second kappa shape index (κ2) is 5.64. The van der Waals surface area contributed by atoms with Crippen molar-refractivity contribution < 1.29 is 9.69 Å². The molecule has 3 heteroatoms. The first-order chi connectivity index (χ1) is 10.1. The van der Waals surface area contributed by atoms with E-state index in [1.54, 1.807) is 4.90 Å². The van der Waals surface area contributed by atoms with Crippen LogP contribution in [0, 0.1) is 12.8 Å². The maximum absolute atomic E-state index is 11.8. The van der Waals surface area contributed by atoms with Gasteiger partial charge >= 0.3 is 0 Å². The molecule has 1 aromatic carbocycles. The number of ketones is 1. The molecule has 1 aliphatic rings. The minimum atomic E-state index is 0.206. The van der Waals surface area contributed by atoms with Gasteiger partial charge in [-0.3, -0.25) is 4.79 Å². The molecule has 1 fully saturated rings. The van der Waals surface area contributed by atoms with Gasteiger partial charge in [0.1, 0.15) is 5.78 Å². The Morgan fingerprint density at radius 1 is 1.29 bits per heavy atom. The number of Topliss-reactive ketones (excluding diaryl/α,β-unsaturated/α-hetero) is 1. The molecular weight excluding hydrogens is 260 g/mol. The van der Waals surface area contributed by atoms with Crippen molar-refractivity contribution in [2.75, 3.05) is 13.1 Å². The van der Waals surface area contributed by atoms with Gasteiger partial charge in [0.2, 0.25) is 0 Å². The number of nitrogens with one attached hydrogen (secondary N) is 2. The summed E-state index contributed by atoms with van der Waals surface area (Å²) in [6, 6.07) is 8.97. The van der Waals surface area contributed by atoms with Crippen LogP contribution in [0.25, 0.3) is 10.9 Å². The summed E-state index contributed by atoms with van der Waals surface area (Å²) in [7, 11) is 0. The molecule has 1 aliphatic heterocycles. The highest BCUT2D eigenvalue weighted by molar-refractivity contribution is 5.84. The normalized spacial score (nSPS) is 26.4. The summed E-state index contributed by atoms with van der Waals surface area (Å²) in [6.45, 7) is 8.58. The first-order valence-corrected chi connectivity index (χ1v) is 8.01. The fourth-order valence-corrected chi connectivity index (χ4v) is 3.67. The van der Waals surface area contributed by atoms with Crippen molar-refractivity contribution in [3.05, 3.63) is 35.5 Å². The quantitative estimate of drug-likeness (QED) is 0.888. The van der Waals surface area contributed by atoms with Gasteiger partial charge in [0.25, 0.3) is 0 Å². The van der Waals surface area contributed by atoms with Crippen molar-refractivity contribution in [3.63, 3.8) is 0 Å². The molecule has 21 heavy (non-hydrogen) atoms. The van der Waals surface area contributed by atoms with Gasteiger partial charge in [-0.2, -0.15) is 0 Å². The Labute approximate surface area is 126 Å². The average molecular weight is 285 g/mol. The van der Waals surface area contributed by atoms with Gasteiger partial charge in [0.05, 0.1) is 31.5 Å². The summed E-state index contributed by atoms with van der Waals surface area (Å²) in [5.74, 6) is 0.646. The minimum absolute atomic E-state index is 0.206. The van der Waals surface area contributed by atoms with Gasteiger partial charge in [-0.1, -0.05) is 18.2 Å². The van der Waals surface area contributed by atoms with Gasteiger partial charge in [0.15, 0.2) is 0 Å². The molecule has 1 aromatic heterocycles. The Bertz CT molecular complexity index is 658. The molecule has 3 nitrogen and oxygen atoms in total. The first kappa shape index (κ1) is 14.3. The molecule has 0 bridgehead atoms. The summed E-state index contributed by atoms with van der Waals surface area (Å²) >= 11 is 0. The molecule has 3 rings (SSSR count). The third-order valence-electron chi connectivity index (χ3n) is 5.32. The average Bonchev–Trinajstić information content (AvgIpc) is 2.80. The van der Waals surface area contributed by atoms with E-state index in [0.717, 1.165) is 25.9 Å². The Morgan fingerprint density at radius 2 is 2.05 bits per heavy atom. The van der Waals surface area contributed by atoms with Crippen LogP contribution in [0.3, 0.4) is 0 Å². The molecule has 1 unspecified atom stereocenters. The maximum atomic E-state index is 11.8. The van der Waals surface area contributed by atoms with Crippen molar-refractivity contribution >= 4 is 16.7 Å². The van der Waals surface area contributed by atoms with Gasteiger partial charge in [-0.05, 0) is 32.4 Å². The molecule has 0 spiro atoms. The van der Waals surface area contributed by atoms with E-state index in [1.807, 2.05) is 0 Å². The highest BCUT2D eigenvalue weighted by atomic mass is 16.1. The van der Waals surface area contributed by atoms with Crippen LogP contribution in [0.15, 0.2) is 24.3 Å². The monoisotopic (exact) mass is 285 g/mol. The topological polar surface area (TPSA) is 37.3 Å². The molecule has 2 N–H and O–H groups in total. The van der Waals surface area contributed by atoms with Gasteiger partial charge in [-0.25, -0.2) is 0 Å². The molecule has 0 aliphatic carbocycles. The number of quaternary nitrogens is 1. The summed E-state index contributed by atoms with van der Waals surface area (Å²) in [5, 5.41) is 1.35. The molecule has 2 heterocycles. The maximum Gasteiger partial charge on any atom is 0.147 e. The number of aromatic amines is 1. The largest absolute Gasteiger partial charge is 0.358 e. The lowest BCUT2D eigenvalue weighted by Gasteiger charge is -2.33. The number of benzene rings is 1. The first-order valence-electron chi connectivity index (χ1n) is 8.01. The van der Waals surface area contributed by atoms with E-state index in [9.17, 15) is 4.79 Å². The third-order valence-corrected chi connectivity index (χ3v) is 5.32. The number of aryl methyl sites for hydroxylation is 1. The van der Waals surface area contributed by atoms with Crippen LogP contribution in [0.1, 0.15) is 31.5 Å². The molecule has 1 saturated heterocycles. The number of piperidine rings is 1. The number of H-pyrrole nitrogens is 1. The Hall–Kier alpha value is -1.61. The SMILES string of the molecule is Cc1[nH]c2ccccc2c1CC[NH+]1CCC(=O)[C@@H](C)[C@@H]1C. The molecule has 0 amide bonds. The van der Waals surface area contributed by atoms with Crippen LogP contribution in [0.2, 0.25) is 0 Å². The lowest BCUT2D eigenvalue weighted by molar-refractivity contribution is -0.928. The standard InChI is InChI=1S/C18H24N2O/c1-12-14(3)20(11-9-18(12)21)10-8-15-13(2)19-17-7-5-4-6-16(15)17/h4-7,12,14,19H,8-11H2,1-3H3/p+1/t12-,14-/m0/s1. The molecular formula is C18H25N2O+. The molecule has 0 radical (unpaired) electrons. The van der Waals surface area contributed by atoms with Crippen LogP contribution in [0.5, 0.6) is 0 Å². The molecule has 2 aromatic rings. The third kappa shape index (κ3) is 2.62. The van der Waals surface area contributed by atoms with Crippen molar-refractivity contribution in [1.82, 2.24) is 4.98 Å². The highest BCUT2D eigenvalue weighted by Gasteiger charge is 2.33.